The lowest BCUT2D eigenvalue weighted by molar-refractivity contribution is -0.139. The number of para-hydroxylation sites is 1. The number of fused-ring (bicyclic) bond motifs is 2. The molecule has 3 amide bonds. The van der Waals surface area contributed by atoms with E-state index in [0.717, 1.165) is 21.7 Å². The number of nitrogens with one attached hydrogen (secondary N) is 3. The van der Waals surface area contributed by atoms with Gasteiger partial charge in [0.05, 0.1) is 11.9 Å². The highest BCUT2D eigenvalue weighted by Gasteiger charge is 2.49. The summed E-state index contributed by atoms with van der Waals surface area (Å²) in [4.78, 5) is 41.7. The maximum absolute atomic E-state index is 14.1. The second kappa shape index (κ2) is 14.0. The van der Waals surface area contributed by atoms with Gasteiger partial charge in [-0.25, -0.2) is 13.2 Å². The van der Waals surface area contributed by atoms with Crippen molar-refractivity contribution in [3.8, 4) is 0 Å². The van der Waals surface area contributed by atoms with Crippen LogP contribution in [0, 0.1) is 0 Å². The van der Waals surface area contributed by atoms with Crippen LogP contribution in [0.5, 0.6) is 0 Å². The lowest BCUT2D eigenvalue weighted by Crippen LogP contribution is -2.60. The van der Waals surface area contributed by atoms with E-state index in [0.29, 0.717) is 50.9 Å². The van der Waals surface area contributed by atoms with Gasteiger partial charge in [-0.05, 0) is 83.9 Å². The molecule has 0 bridgehead atoms. The third-order valence-electron chi connectivity index (χ3n) is 8.56. The van der Waals surface area contributed by atoms with E-state index in [2.05, 4.69) is 10.6 Å². The summed E-state index contributed by atoms with van der Waals surface area (Å²) in [6.07, 6.45) is 2.56. The highest BCUT2D eigenvalue weighted by Crippen LogP contribution is 2.48. The van der Waals surface area contributed by atoms with E-state index in [1.807, 2.05) is 42.5 Å². The van der Waals surface area contributed by atoms with Crippen LogP contribution in [0.2, 0.25) is 0 Å². The fraction of sp³-hybridized carbons (Fsp3) is 0.545. The zero-order valence-electron chi connectivity index (χ0n) is 28.4. The molecule has 0 radical (unpaired) electrons. The molecule has 2 aliphatic rings. The van der Waals surface area contributed by atoms with Crippen molar-refractivity contribution in [2.24, 2.45) is 0 Å². The summed E-state index contributed by atoms with van der Waals surface area (Å²) < 4.78 is 58.1. The molecule has 1 saturated heterocycles. The Morgan fingerprint density at radius 2 is 1.52 bits per heavy atom. The van der Waals surface area contributed by atoms with Crippen LogP contribution < -0.4 is 19.1 Å². The minimum Gasteiger partial charge on any atom is -0.444 e. The van der Waals surface area contributed by atoms with E-state index >= 15 is 0 Å². The van der Waals surface area contributed by atoms with E-state index in [1.54, 1.807) is 55.8 Å². The van der Waals surface area contributed by atoms with Crippen molar-refractivity contribution in [3.05, 3.63) is 65.7 Å². The fourth-order valence-corrected chi connectivity index (χ4v) is 8.93. The molecule has 0 aliphatic carbocycles. The van der Waals surface area contributed by atoms with Crippen molar-refractivity contribution < 1.29 is 36.0 Å². The molecule has 4 rings (SSSR count). The van der Waals surface area contributed by atoms with E-state index < -0.39 is 54.8 Å². The number of aryl methyl sites for hydroxylation is 1. The SMILES string of the molecule is CC(C)(C)OC(=O)NC(C)(C)C(=O)N[C@H](CCCc1ccccc1)C(=O)N1CCC2(CC1)CN(S(=O)(=O)NS(C)(=O)=O)c1ccccc12. The van der Waals surface area contributed by atoms with Gasteiger partial charge in [0.2, 0.25) is 21.8 Å². The first-order chi connectivity index (χ1) is 22.2. The van der Waals surface area contributed by atoms with Crippen molar-refractivity contribution in [1.29, 1.82) is 0 Å². The molecule has 1 fully saturated rings. The van der Waals surface area contributed by atoms with Gasteiger partial charge in [0.15, 0.2) is 0 Å². The zero-order valence-corrected chi connectivity index (χ0v) is 30.0. The number of nitrogens with zero attached hydrogens (tertiary/aromatic N) is 2. The van der Waals surface area contributed by atoms with Crippen LogP contribution in [0.4, 0.5) is 10.5 Å². The Kier molecular flexibility index (Phi) is 10.9. The van der Waals surface area contributed by atoms with Crippen LogP contribution in [0.1, 0.15) is 71.4 Å². The number of hydrogen-bond acceptors (Lipinski definition) is 8. The summed E-state index contributed by atoms with van der Waals surface area (Å²) in [5.74, 6) is -0.808. The minimum absolute atomic E-state index is 0.0288. The fourth-order valence-electron chi connectivity index (χ4n) is 6.21. The average molecular weight is 706 g/mol. The summed E-state index contributed by atoms with van der Waals surface area (Å²) in [7, 11) is -8.45. The Balaban J connectivity index is 1.50. The number of ether oxygens (including phenoxy) is 1. The predicted octanol–water partition coefficient (Wildman–Crippen LogP) is 2.97. The number of hydrogen-bond donors (Lipinski definition) is 3. The molecule has 15 heteroatoms. The van der Waals surface area contributed by atoms with Crippen LogP contribution in [0.3, 0.4) is 0 Å². The Labute approximate surface area is 284 Å². The molecule has 0 aromatic heterocycles. The van der Waals surface area contributed by atoms with Crippen LogP contribution in [0.25, 0.3) is 0 Å². The molecule has 13 nitrogen and oxygen atoms in total. The monoisotopic (exact) mass is 705 g/mol. The molecule has 2 aromatic rings. The van der Waals surface area contributed by atoms with Crippen LogP contribution in [-0.4, -0.2) is 82.7 Å². The smallest absolute Gasteiger partial charge is 0.408 e. The summed E-state index contributed by atoms with van der Waals surface area (Å²) >= 11 is 0. The van der Waals surface area contributed by atoms with Gasteiger partial charge in [-0.1, -0.05) is 52.7 Å². The molecular formula is C33H47N5O8S2. The maximum Gasteiger partial charge on any atom is 0.408 e. The normalized spacial score (nSPS) is 17.0. The predicted molar refractivity (Wildman–Crippen MR) is 183 cm³/mol. The summed E-state index contributed by atoms with van der Waals surface area (Å²) in [5, 5.41) is 5.48. The number of benzene rings is 2. The molecule has 2 aliphatic heterocycles. The van der Waals surface area contributed by atoms with Crippen molar-refractivity contribution >= 4 is 43.8 Å². The van der Waals surface area contributed by atoms with Crippen molar-refractivity contribution in [2.75, 3.05) is 30.2 Å². The maximum atomic E-state index is 14.1. The second-order valence-corrected chi connectivity index (χ2v) is 17.7. The van der Waals surface area contributed by atoms with Gasteiger partial charge in [0.1, 0.15) is 17.2 Å². The third kappa shape index (κ3) is 9.26. The van der Waals surface area contributed by atoms with Gasteiger partial charge in [0, 0.05) is 25.0 Å². The Morgan fingerprint density at radius 1 is 0.917 bits per heavy atom. The number of amides is 3. The molecule has 1 spiro atoms. The second-order valence-electron chi connectivity index (χ2n) is 14.1. The van der Waals surface area contributed by atoms with E-state index in [9.17, 15) is 31.2 Å². The number of carbonyl (C=O) groups excluding carboxylic acids is 3. The van der Waals surface area contributed by atoms with E-state index in [4.69, 9.17) is 4.74 Å². The number of alkyl carbamates (subject to hydrolysis) is 1. The number of piperidine rings is 1. The van der Waals surface area contributed by atoms with Crippen LogP contribution in [-0.2, 0) is 46.4 Å². The first-order valence-corrected chi connectivity index (χ1v) is 19.3. The highest BCUT2D eigenvalue weighted by molar-refractivity contribution is 8.05. The molecule has 2 aromatic carbocycles. The van der Waals surface area contributed by atoms with Gasteiger partial charge < -0.3 is 20.3 Å². The van der Waals surface area contributed by atoms with Crippen molar-refractivity contribution in [2.45, 2.75) is 89.3 Å². The van der Waals surface area contributed by atoms with Gasteiger partial charge in [0.25, 0.3) is 0 Å². The molecule has 3 N–H and O–H groups in total. The number of sulfonamides is 1. The van der Waals surface area contributed by atoms with Gasteiger partial charge in [-0.2, -0.15) is 8.42 Å². The topological polar surface area (TPSA) is 171 Å². The minimum atomic E-state index is -4.40. The summed E-state index contributed by atoms with van der Waals surface area (Å²) in [5.41, 5.74) is -0.493. The lowest BCUT2D eigenvalue weighted by Gasteiger charge is -2.41. The van der Waals surface area contributed by atoms with Crippen molar-refractivity contribution in [1.82, 2.24) is 19.7 Å². The number of anilines is 1. The first kappa shape index (κ1) is 37.1. The van der Waals surface area contributed by atoms with Gasteiger partial charge >= 0.3 is 16.3 Å². The Hall–Kier alpha value is -3.69. The largest absolute Gasteiger partial charge is 0.444 e. The number of carbonyl (C=O) groups is 3. The third-order valence-corrected chi connectivity index (χ3v) is 11.5. The molecule has 0 saturated carbocycles. The molecule has 0 unspecified atom stereocenters. The lowest BCUT2D eigenvalue weighted by atomic mass is 9.74. The molecule has 48 heavy (non-hydrogen) atoms. The quantitative estimate of drug-likeness (QED) is 0.320. The van der Waals surface area contributed by atoms with Crippen LogP contribution >= 0.6 is 0 Å². The Bertz CT molecular complexity index is 1720. The number of likely N-dealkylation sites (tertiary alicyclic amines) is 1. The standard InChI is InChI=1S/C33H47N5O8S2/c1-31(2,3)46-30(41)35-32(4,5)29(40)34-26(17-12-15-24-13-8-7-9-14-24)28(39)37-21-19-33(20-22-37)23-38(27-18-11-10-16-25(27)33)48(44,45)36-47(6,42)43/h7-11,13-14,16,18,26,36H,12,15,17,19-23H2,1-6H3,(H,34,40)(H,35,41)/t26-/m1/s1. The average Bonchev–Trinajstić information content (AvgIpc) is 3.29. The van der Waals surface area contributed by atoms with E-state index in [1.165, 1.54) is 0 Å². The van der Waals surface area contributed by atoms with Crippen LogP contribution in [0.15, 0.2) is 54.6 Å². The molecule has 264 valence electrons. The first-order valence-electron chi connectivity index (χ1n) is 16.0. The number of rotatable bonds is 11. The van der Waals surface area contributed by atoms with Crippen molar-refractivity contribution in [3.63, 3.8) is 0 Å². The summed E-state index contributed by atoms with van der Waals surface area (Å²) in [6, 6.07) is 15.9. The van der Waals surface area contributed by atoms with Gasteiger partial charge in [-0.3, -0.25) is 13.9 Å². The molecule has 1 atom stereocenters. The summed E-state index contributed by atoms with van der Waals surface area (Å²) in [6.45, 7) is 8.86. The molecule has 2 heterocycles. The molecular weight excluding hydrogens is 659 g/mol. The zero-order chi connectivity index (χ0) is 35.5. The highest BCUT2D eigenvalue weighted by atomic mass is 32.3. The Morgan fingerprint density at radius 3 is 2.12 bits per heavy atom. The van der Waals surface area contributed by atoms with E-state index in [-0.39, 0.29) is 12.5 Å². The van der Waals surface area contributed by atoms with Gasteiger partial charge in [-0.15, -0.1) is 0 Å².